The summed E-state index contributed by atoms with van der Waals surface area (Å²) >= 11 is 0. The van der Waals surface area contributed by atoms with Gasteiger partial charge in [-0.05, 0) is 43.4 Å². The van der Waals surface area contributed by atoms with Crippen molar-refractivity contribution >= 4 is 5.97 Å². The smallest absolute Gasteiger partial charge is 0.305 e. The molecule has 0 amide bonds. The van der Waals surface area contributed by atoms with E-state index in [1.807, 2.05) is 24.3 Å². The molecule has 4 heteroatoms. The number of hydrogen-bond donors (Lipinski definition) is 1. The SMILES string of the molecule is COC(=O)CCCCOc1cccc(CCCO)c1. The molecule has 0 bridgehead atoms. The van der Waals surface area contributed by atoms with E-state index in [0.717, 1.165) is 31.4 Å². The zero-order valence-corrected chi connectivity index (χ0v) is 11.4. The van der Waals surface area contributed by atoms with Gasteiger partial charge in [0.2, 0.25) is 0 Å². The zero-order valence-electron chi connectivity index (χ0n) is 11.4. The molecule has 0 unspecified atom stereocenters. The number of aliphatic hydroxyl groups is 1. The normalized spacial score (nSPS) is 10.2. The Morgan fingerprint density at radius 3 is 2.84 bits per heavy atom. The molecule has 0 saturated heterocycles. The maximum atomic E-state index is 10.9. The molecule has 1 rings (SSSR count). The first-order valence-electron chi connectivity index (χ1n) is 6.65. The quantitative estimate of drug-likeness (QED) is 0.550. The number of carbonyl (C=O) groups excluding carboxylic acids is 1. The summed E-state index contributed by atoms with van der Waals surface area (Å²) in [4.78, 5) is 10.9. The Kier molecular flexibility index (Phi) is 7.66. The Labute approximate surface area is 114 Å². The van der Waals surface area contributed by atoms with E-state index in [-0.39, 0.29) is 12.6 Å². The van der Waals surface area contributed by atoms with Crippen LogP contribution in [-0.2, 0) is 16.0 Å². The van der Waals surface area contributed by atoms with Gasteiger partial charge in [-0.1, -0.05) is 12.1 Å². The van der Waals surface area contributed by atoms with E-state index in [2.05, 4.69) is 4.74 Å². The number of rotatable bonds is 9. The lowest BCUT2D eigenvalue weighted by molar-refractivity contribution is -0.140. The standard InChI is InChI=1S/C15H22O4/c1-18-15(17)9-2-3-11-19-14-8-4-6-13(12-14)7-5-10-16/h4,6,8,12,16H,2-3,5,7,9-11H2,1H3. The molecule has 0 aromatic heterocycles. The molecule has 19 heavy (non-hydrogen) atoms. The van der Waals surface area contributed by atoms with Gasteiger partial charge in [0.15, 0.2) is 0 Å². The number of aliphatic hydroxyl groups excluding tert-OH is 1. The van der Waals surface area contributed by atoms with Crippen molar-refractivity contribution < 1.29 is 19.4 Å². The molecule has 0 atom stereocenters. The van der Waals surface area contributed by atoms with Crippen LogP contribution in [-0.4, -0.2) is 31.4 Å². The first-order chi connectivity index (χ1) is 9.26. The molecule has 0 aliphatic rings. The highest BCUT2D eigenvalue weighted by Gasteiger charge is 2.00. The average Bonchev–Trinajstić information content (AvgIpc) is 2.45. The lowest BCUT2D eigenvalue weighted by Crippen LogP contribution is -2.02. The van der Waals surface area contributed by atoms with Gasteiger partial charge in [0.25, 0.3) is 0 Å². The Morgan fingerprint density at radius 2 is 2.11 bits per heavy atom. The fraction of sp³-hybridized carbons (Fsp3) is 0.533. The second-order valence-electron chi connectivity index (χ2n) is 4.36. The van der Waals surface area contributed by atoms with Gasteiger partial charge in [-0.2, -0.15) is 0 Å². The van der Waals surface area contributed by atoms with Crippen LogP contribution in [0.4, 0.5) is 0 Å². The largest absolute Gasteiger partial charge is 0.494 e. The molecule has 0 radical (unpaired) electrons. The molecule has 1 aromatic rings. The van der Waals surface area contributed by atoms with Crippen LogP contribution in [0.1, 0.15) is 31.2 Å². The summed E-state index contributed by atoms with van der Waals surface area (Å²) in [6, 6.07) is 7.90. The first kappa shape index (κ1) is 15.5. The number of ether oxygens (including phenoxy) is 2. The molecule has 1 N–H and O–H groups in total. The second-order valence-corrected chi connectivity index (χ2v) is 4.36. The number of methoxy groups -OCH3 is 1. The lowest BCUT2D eigenvalue weighted by atomic mass is 10.1. The van der Waals surface area contributed by atoms with E-state index in [9.17, 15) is 4.79 Å². The Balaban J connectivity index is 2.23. The number of benzene rings is 1. The van der Waals surface area contributed by atoms with Gasteiger partial charge in [0.05, 0.1) is 13.7 Å². The summed E-state index contributed by atoms with van der Waals surface area (Å²) in [5, 5.41) is 8.79. The third-order valence-corrected chi connectivity index (χ3v) is 2.79. The summed E-state index contributed by atoms with van der Waals surface area (Å²) in [5.74, 6) is 0.666. The maximum Gasteiger partial charge on any atom is 0.305 e. The van der Waals surface area contributed by atoms with Crippen LogP contribution in [0.25, 0.3) is 0 Å². The molecule has 0 fully saturated rings. The van der Waals surface area contributed by atoms with Crippen LogP contribution >= 0.6 is 0 Å². The first-order valence-corrected chi connectivity index (χ1v) is 6.65. The van der Waals surface area contributed by atoms with Crippen LogP contribution in [0.2, 0.25) is 0 Å². The van der Waals surface area contributed by atoms with Gasteiger partial charge >= 0.3 is 5.97 Å². The van der Waals surface area contributed by atoms with Crippen LogP contribution in [0, 0.1) is 0 Å². The molecule has 0 heterocycles. The minimum absolute atomic E-state index is 0.175. The third kappa shape index (κ3) is 6.82. The van der Waals surface area contributed by atoms with Crippen molar-refractivity contribution in [3.8, 4) is 5.75 Å². The average molecular weight is 266 g/mol. The highest BCUT2D eigenvalue weighted by Crippen LogP contribution is 2.15. The molecule has 4 nitrogen and oxygen atoms in total. The molecular weight excluding hydrogens is 244 g/mol. The van der Waals surface area contributed by atoms with Crippen LogP contribution in [0.3, 0.4) is 0 Å². The third-order valence-electron chi connectivity index (χ3n) is 2.79. The summed E-state index contributed by atoms with van der Waals surface area (Å²) in [7, 11) is 1.40. The predicted molar refractivity (Wildman–Crippen MR) is 73.2 cm³/mol. The highest BCUT2D eigenvalue weighted by molar-refractivity contribution is 5.68. The van der Waals surface area contributed by atoms with Gasteiger partial charge < -0.3 is 14.6 Å². The fourth-order valence-corrected chi connectivity index (χ4v) is 1.74. The predicted octanol–water partition coefficient (Wildman–Crippen LogP) is 2.33. The fourth-order valence-electron chi connectivity index (χ4n) is 1.74. The van der Waals surface area contributed by atoms with E-state index >= 15 is 0 Å². The van der Waals surface area contributed by atoms with Crippen molar-refractivity contribution in [3.63, 3.8) is 0 Å². The summed E-state index contributed by atoms with van der Waals surface area (Å²) in [6.07, 6.45) is 3.67. The van der Waals surface area contributed by atoms with E-state index in [1.54, 1.807) is 0 Å². The Hall–Kier alpha value is -1.55. The lowest BCUT2D eigenvalue weighted by Gasteiger charge is -2.07. The summed E-state index contributed by atoms with van der Waals surface area (Å²) in [5.41, 5.74) is 1.17. The molecule has 0 aliphatic heterocycles. The molecule has 0 aliphatic carbocycles. The molecule has 0 spiro atoms. The van der Waals surface area contributed by atoms with E-state index < -0.39 is 0 Å². The maximum absolute atomic E-state index is 10.9. The van der Waals surface area contributed by atoms with Crippen molar-refractivity contribution in [2.75, 3.05) is 20.3 Å². The number of aryl methyl sites for hydroxylation is 1. The van der Waals surface area contributed by atoms with Crippen molar-refractivity contribution in [2.45, 2.75) is 32.1 Å². The monoisotopic (exact) mass is 266 g/mol. The van der Waals surface area contributed by atoms with Crippen molar-refractivity contribution in [1.29, 1.82) is 0 Å². The van der Waals surface area contributed by atoms with Gasteiger partial charge in [-0.3, -0.25) is 4.79 Å². The van der Waals surface area contributed by atoms with Crippen molar-refractivity contribution in [2.24, 2.45) is 0 Å². The van der Waals surface area contributed by atoms with Gasteiger partial charge in [-0.15, -0.1) is 0 Å². The minimum Gasteiger partial charge on any atom is -0.494 e. The topological polar surface area (TPSA) is 55.8 Å². The molecule has 0 saturated carbocycles. The van der Waals surface area contributed by atoms with Crippen LogP contribution in [0.5, 0.6) is 5.75 Å². The zero-order chi connectivity index (χ0) is 13.9. The van der Waals surface area contributed by atoms with Crippen molar-refractivity contribution in [1.82, 2.24) is 0 Å². The van der Waals surface area contributed by atoms with E-state index in [0.29, 0.717) is 13.0 Å². The summed E-state index contributed by atoms with van der Waals surface area (Å²) < 4.78 is 10.2. The Bertz CT molecular complexity index is 376. The number of hydrogen-bond acceptors (Lipinski definition) is 4. The highest BCUT2D eigenvalue weighted by atomic mass is 16.5. The minimum atomic E-state index is -0.175. The second kappa shape index (κ2) is 9.39. The molecular formula is C15H22O4. The number of esters is 1. The van der Waals surface area contributed by atoms with Gasteiger partial charge in [0, 0.05) is 13.0 Å². The number of carbonyl (C=O) groups is 1. The van der Waals surface area contributed by atoms with Crippen molar-refractivity contribution in [3.05, 3.63) is 29.8 Å². The van der Waals surface area contributed by atoms with Gasteiger partial charge in [-0.25, -0.2) is 0 Å². The van der Waals surface area contributed by atoms with E-state index in [1.165, 1.54) is 12.7 Å². The van der Waals surface area contributed by atoms with Crippen LogP contribution in [0.15, 0.2) is 24.3 Å². The Morgan fingerprint density at radius 1 is 1.26 bits per heavy atom. The number of unbranched alkanes of at least 4 members (excludes halogenated alkanes) is 1. The molecule has 106 valence electrons. The van der Waals surface area contributed by atoms with E-state index in [4.69, 9.17) is 9.84 Å². The molecule has 1 aromatic carbocycles. The van der Waals surface area contributed by atoms with Crippen LogP contribution < -0.4 is 4.74 Å². The van der Waals surface area contributed by atoms with Gasteiger partial charge in [0.1, 0.15) is 5.75 Å². The summed E-state index contributed by atoms with van der Waals surface area (Å²) in [6.45, 7) is 0.805.